The van der Waals surface area contributed by atoms with E-state index >= 15 is 0 Å². The molecule has 0 spiro atoms. The van der Waals surface area contributed by atoms with Crippen LogP contribution in [-0.2, 0) is 6.18 Å². The minimum absolute atomic E-state index is 0.132. The summed E-state index contributed by atoms with van der Waals surface area (Å²) >= 11 is 0. The zero-order valence-corrected chi connectivity index (χ0v) is 10.7. The number of halogens is 4. The van der Waals surface area contributed by atoms with Gasteiger partial charge in [0.2, 0.25) is 5.88 Å². The second-order valence-corrected chi connectivity index (χ2v) is 4.16. The number of benzene rings is 1. The molecule has 2 rings (SSSR count). The van der Waals surface area contributed by atoms with Crippen LogP contribution in [0.1, 0.15) is 23.0 Å². The minimum atomic E-state index is -4.77. The summed E-state index contributed by atoms with van der Waals surface area (Å²) in [5.74, 6) is -1.45. The van der Waals surface area contributed by atoms with E-state index in [1.54, 1.807) is 0 Å². The van der Waals surface area contributed by atoms with Crippen LogP contribution in [0.5, 0.6) is 11.6 Å². The van der Waals surface area contributed by atoms with Crippen molar-refractivity contribution >= 4 is 5.78 Å². The lowest BCUT2D eigenvalue weighted by molar-refractivity contribution is -0.141. The van der Waals surface area contributed by atoms with E-state index in [-0.39, 0.29) is 11.6 Å². The van der Waals surface area contributed by atoms with Crippen molar-refractivity contribution in [3.05, 3.63) is 53.5 Å². The standard InChI is InChI=1S/C14H9F4NO2/c1-8(20)11-6-7-12(19-13(11)14(16,17)18)21-10-4-2-9(15)3-5-10/h2-7H,1H3. The van der Waals surface area contributed by atoms with Crippen molar-refractivity contribution in [3.8, 4) is 11.6 Å². The SMILES string of the molecule is CC(=O)c1ccc(Oc2ccc(F)cc2)nc1C(F)(F)F. The molecule has 1 aromatic carbocycles. The number of pyridine rings is 1. The van der Waals surface area contributed by atoms with Gasteiger partial charge in [0, 0.05) is 11.6 Å². The monoisotopic (exact) mass is 299 g/mol. The summed E-state index contributed by atoms with van der Waals surface area (Å²) in [5, 5.41) is 0. The van der Waals surface area contributed by atoms with Crippen molar-refractivity contribution in [2.75, 3.05) is 0 Å². The first-order valence-electron chi connectivity index (χ1n) is 5.80. The first kappa shape index (κ1) is 15.0. The highest BCUT2D eigenvalue weighted by molar-refractivity contribution is 5.95. The molecule has 0 fully saturated rings. The third-order valence-corrected chi connectivity index (χ3v) is 2.55. The molecule has 1 heterocycles. The molecule has 1 aromatic heterocycles. The average molecular weight is 299 g/mol. The minimum Gasteiger partial charge on any atom is -0.439 e. The van der Waals surface area contributed by atoms with Crippen LogP contribution in [0.15, 0.2) is 36.4 Å². The molecule has 7 heteroatoms. The van der Waals surface area contributed by atoms with E-state index in [4.69, 9.17) is 4.74 Å². The highest BCUT2D eigenvalue weighted by Crippen LogP contribution is 2.33. The maximum Gasteiger partial charge on any atom is 0.434 e. The van der Waals surface area contributed by atoms with Gasteiger partial charge in [-0.05, 0) is 37.3 Å². The van der Waals surface area contributed by atoms with Gasteiger partial charge in [-0.1, -0.05) is 0 Å². The molecule has 21 heavy (non-hydrogen) atoms. The summed E-state index contributed by atoms with van der Waals surface area (Å²) in [4.78, 5) is 14.5. The van der Waals surface area contributed by atoms with Gasteiger partial charge in [0.25, 0.3) is 0 Å². The topological polar surface area (TPSA) is 39.2 Å². The van der Waals surface area contributed by atoms with Crippen LogP contribution >= 0.6 is 0 Å². The molecule has 0 aliphatic heterocycles. The molecule has 0 radical (unpaired) electrons. The predicted octanol–water partition coefficient (Wildman–Crippen LogP) is 4.23. The molecule has 0 unspecified atom stereocenters. The third-order valence-electron chi connectivity index (χ3n) is 2.55. The molecule has 0 saturated carbocycles. The third kappa shape index (κ3) is 3.56. The molecule has 110 valence electrons. The van der Waals surface area contributed by atoms with Gasteiger partial charge >= 0.3 is 6.18 Å². The lowest BCUT2D eigenvalue weighted by Gasteiger charge is -2.12. The number of ether oxygens (including phenoxy) is 1. The summed E-state index contributed by atoms with van der Waals surface area (Å²) in [5.41, 5.74) is -1.84. The second-order valence-electron chi connectivity index (χ2n) is 4.16. The normalized spacial score (nSPS) is 11.3. The van der Waals surface area contributed by atoms with Crippen LogP contribution in [-0.4, -0.2) is 10.8 Å². The number of nitrogens with zero attached hydrogens (tertiary/aromatic N) is 1. The Hall–Kier alpha value is -2.44. The molecular formula is C14H9F4NO2. The quantitative estimate of drug-likeness (QED) is 0.628. The van der Waals surface area contributed by atoms with Crippen molar-refractivity contribution in [1.82, 2.24) is 4.98 Å². The number of carbonyl (C=O) groups is 1. The summed E-state index contributed by atoms with van der Waals surface area (Å²) in [7, 11) is 0. The van der Waals surface area contributed by atoms with Crippen LogP contribution < -0.4 is 4.74 Å². The number of carbonyl (C=O) groups excluding carboxylic acids is 1. The highest BCUT2D eigenvalue weighted by atomic mass is 19.4. The van der Waals surface area contributed by atoms with E-state index < -0.39 is 29.0 Å². The van der Waals surface area contributed by atoms with Gasteiger partial charge in [0.1, 0.15) is 11.6 Å². The molecule has 2 aromatic rings. The summed E-state index contributed by atoms with van der Waals surface area (Å²) in [6.07, 6.45) is -4.77. The summed E-state index contributed by atoms with van der Waals surface area (Å²) < 4.78 is 56.4. The molecule has 0 bridgehead atoms. The largest absolute Gasteiger partial charge is 0.439 e. The van der Waals surface area contributed by atoms with E-state index in [2.05, 4.69) is 4.98 Å². The maximum atomic E-state index is 12.9. The van der Waals surface area contributed by atoms with E-state index in [0.717, 1.165) is 31.2 Å². The molecule has 0 aliphatic carbocycles. The van der Waals surface area contributed by atoms with Crippen LogP contribution in [0.4, 0.5) is 17.6 Å². The first-order valence-corrected chi connectivity index (χ1v) is 5.80. The van der Waals surface area contributed by atoms with Crippen molar-refractivity contribution in [2.45, 2.75) is 13.1 Å². The van der Waals surface area contributed by atoms with Crippen LogP contribution in [0, 0.1) is 5.82 Å². The fourth-order valence-electron chi connectivity index (χ4n) is 1.62. The van der Waals surface area contributed by atoms with Crippen LogP contribution in [0.3, 0.4) is 0 Å². The number of hydrogen-bond donors (Lipinski definition) is 0. The van der Waals surface area contributed by atoms with Gasteiger partial charge in [-0.3, -0.25) is 4.79 Å². The number of alkyl halides is 3. The molecule has 0 saturated heterocycles. The van der Waals surface area contributed by atoms with Crippen molar-refractivity contribution in [3.63, 3.8) is 0 Å². The van der Waals surface area contributed by atoms with E-state index in [1.165, 1.54) is 12.1 Å². The average Bonchev–Trinajstić information content (AvgIpc) is 2.40. The van der Waals surface area contributed by atoms with Gasteiger partial charge in [-0.15, -0.1) is 0 Å². The fraction of sp³-hybridized carbons (Fsp3) is 0.143. The van der Waals surface area contributed by atoms with Crippen LogP contribution in [0.25, 0.3) is 0 Å². The summed E-state index contributed by atoms with van der Waals surface area (Å²) in [6.45, 7) is 1.02. The fourth-order valence-corrected chi connectivity index (χ4v) is 1.62. The van der Waals surface area contributed by atoms with Crippen molar-refractivity contribution in [1.29, 1.82) is 0 Å². The van der Waals surface area contributed by atoms with Gasteiger partial charge in [0.15, 0.2) is 11.5 Å². The van der Waals surface area contributed by atoms with Crippen LogP contribution in [0.2, 0.25) is 0 Å². The van der Waals surface area contributed by atoms with Gasteiger partial charge in [0.05, 0.1) is 0 Å². The van der Waals surface area contributed by atoms with Gasteiger partial charge in [-0.2, -0.15) is 13.2 Å². The molecule has 0 atom stereocenters. The highest BCUT2D eigenvalue weighted by Gasteiger charge is 2.37. The number of rotatable bonds is 3. The summed E-state index contributed by atoms with van der Waals surface area (Å²) in [6, 6.07) is 6.85. The lowest BCUT2D eigenvalue weighted by Crippen LogP contribution is -2.14. The Kier molecular flexibility index (Phi) is 3.93. The first-order chi connectivity index (χ1) is 9.77. The predicted molar refractivity (Wildman–Crippen MR) is 65.7 cm³/mol. The number of ketones is 1. The molecule has 0 N–H and O–H groups in total. The van der Waals surface area contributed by atoms with E-state index in [0.29, 0.717) is 0 Å². The Morgan fingerprint density at radius 3 is 2.24 bits per heavy atom. The lowest BCUT2D eigenvalue weighted by atomic mass is 10.1. The molecule has 0 aliphatic rings. The van der Waals surface area contributed by atoms with E-state index in [9.17, 15) is 22.4 Å². The Labute approximate surface area is 117 Å². The number of Topliss-reactive ketones (excluding diaryl/α,β-unsaturated/α-hetero) is 1. The Bertz CT molecular complexity index is 666. The Morgan fingerprint density at radius 1 is 1.10 bits per heavy atom. The second kappa shape index (κ2) is 5.51. The molecule has 0 amide bonds. The zero-order chi connectivity index (χ0) is 15.6. The van der Waals surface area contributed by atoms with Gasteiger partial charge in [-0.25, -0.2) is 9.37 Å². The van der Waals surface area contributed by atoms with Gasteiger partial charge < -0.3 is 4.74 Å². The zero-order valence-electron chi connectivity index (χ0n) is 10.7. The Morgan fingerprint density at radius 2 is 1.71 bits per heavy atom. The van der Waals surface area contributed by atoms with Crippen molar-refractivity contribution < 1.29 is 27.1 Å². The molecular weight excluding hydrogens is 290 g/mol. The van der Waals surface area contributed by atoms with E-state index in [1.807, 2.05) is 0 Å². The molecule has 3 nitrogen and oxygen atoms in total. The van der Waals surface area contributed by atoms with Crippen molar-refractivity contribution in [2.24, 2.45) is 0 Å². The number of hydrogen-bond acceptors (Lipinski definition) is 3. The number of aromatic nitrogens is 1. The smallest absolute Gasteiger partial charge is 0.434 e. The maximum absolute atomic E-state index is 12.9. The Balaban J connectivity index is 2.38.